The fraction of sp³-hybridized carbons (Fsp3) is 0.462. The average Bonchev–Trinajstić information content (AvgIpc) is 2.36. The Morgan fingerprint density at radius 1 is 1.50 bits per heavy atom. The molecule has 1 unspecified atom stereocenters. The number of hydrogen-bond donors (Lipinski definition) is 3. The minimum Gasteiger partial charge on any atom is -0.504 e. The summed E-state index contributed by atoms with van der Waals surface area (Å²) >= 11 is 0. The molecule has 0 saturated carbocycles. The van der Waals surface area contributed by atoms with Gasteiger partial charge in [0.05, 0.1) is 7.11 Å². The van der Waals surface area contributed by atoms with Crippen molar-refractivity contribution < 1.29 is 19.7 Å². The van der Waals surface area contributed by atoms with E-state index in [-0.39, 0.29) is 24.3 Å². The first kappa shape index (κ1) is 14.3. The van der Waals surface area contributed by atoms with Crippen molar-refractivity contribution >= 4 is 5.91 Å². The van der Waals surface area contributed by atoms with Crippen LogP contribution in [0.25, 0.3) is 0 Å². The van der Waals surface area contributed by atoms with Crippen LogP contribution in [0.4, 0.5) is 0 Å². The van der Waals surface area contributed by atoms with E-state index in [9.17, 15) is 9.90 Å². The number of amides is 1. The predicted octanol–water partition coefficient (Wildman–Crippen LogP) is 1.29. The van der Waals surface area contributed by atoms with Crippen LogP contribution in [-0.4, -0.2) is 35.9 Å². The summed E-state index contributed by atoms with van der Waals surface area (Å²) in [5.74, 6) is 0.0198. The monoisotopic (exact) mass is 253 g/mol. The van der Waals surface area contributed by atoms with Gasteiger partial charge in [0.2, 0.25) is 0 Å². The van der Waals surface area contributed by atoms with Crippen LogP contribution in [0, 0.1) is 0 Å². The molecule has 1 aromatic carbocycles. The maximum Gasteiger partial charge on any atom is 0.251 e. The lowest BCUT2D eigenvalue weighted by Gasteiger charge is -2.13. The topological polar surface area (TPSA) is 78.8 Å². The van der Waals surface area contributed by atoms with E-state index in [0.29, 0.717) is 24.2 Å². The lowest BCUT2D eigenvalue weighted by molar-refractivity contribution is 0.0936. The summed E-state index contributed by atoms with van der Waals surface area (Å²) in [4.78, 5) is 11.8. The molecule has 0 heterocycles. The molecule has 0 bridgehead atoms. The second-order valence-electron chi connectivity index (χ2n) is 4.13. The summed E-state index contributed by atoms with van der Waals surface area (Å²) in [5.41, 5.74) is 0.379. The van der Waals surface area contributed by atoms with Crippen LogP contribution in [0.1, 0.15) is 30.1 Å². The number of rotatable bonds is 6. The first-order chi connectivity index (χ1) is 8.58. The second-order valence-corrected chi connectivity index (χ2v) is 4.13. The molecule has 5 nitrogen and oxygen atoms in total. The van der Waals surface area contributed by atoms with Gasteiger partial charge in [0.1, 0.15) is 0 Å². The van der Waals surface area contributed by atoms with Gasteiger partial charge in [-0.3, -0.25) is 4.79 Å². The highest BCUT2D eigenvalue weighted by atomic mass is 16.5. The van der Waals surface area contributed by atoms with Crippen molar-refractivity contribution in [1.29, 1.82) is 0 Å². The second kappa shape index (κ2) is 6.86. The number of carbonyl (C=O) groups excluding carboxylic acids is 1. The molecule has 0 spiro atoms. The fourth-order valence-electron chi connectivity index (χ4n) is 1.61. The van der Waals surface area contributed by atoms with Crippen LogP contribution in [0.15, 0.2) is 18.2 Å². The number of methoxy groups -OCH3 is 1. The van der Waals surface area contributed by atoms with Gasteiger partial charge in [-0.15, -0.1) is 0 Å². The highest BCUT2D eigenvalue weighted by Crippen LogP contribution is 2.26. The zero-order valence-corrected chi connectivity index (χ0v) is 10.6. The van der Waals surface area contributed by atoms with Gasteiger partial charge in [0, 0.05) is 18.2 Å². The Bertz CT molecular complexity index is 406. The molecule has 0 saturated heterocycles. The number of phenolic OH excluding ortho intramolecular Hbond substituents is 1. The van der Waals surface area contributed by atoms with Crippen LogP contribution in [0.3, 0.4) is 0 Å². The number of hydrogen-bond acceptors (Lipinski definition) is 4. The molecule has 1 amide bonds. The van der Waals surface area contributed by atoms with Gasteiger partial charge in [-0.2, -0.15) is 0 Å². The minimum absolute atomic E-state index is 0.0195. The summed E-state index contributed by atoms with van der Waals surface area (Å²) in [6.45, 7) is 1.99. The molecule has 0 radical (unpaired) electrons. The standard InChI is InChI=1S/C13H19NO4/c1-9(4-3-7-15)14-13(17)10-5-6-12(18-2)11(16)8-10/h5-6,8-9,15-16H,3-4,7H2,1-2H3,(H,14,17). The normalized spacial score (nSPS) is 11.9. The molecule has 0 fully saturated rings. The van der Waals surface area contributed by atoms with Crippen LogP contribution in [-0.2, 0) is 0 Å². The SMILES string of the molecule is COc1ccc(C(=O)NC(C)CCCO)cc1O. The Morgan fingerprint density at radius 2 is 2.22 bits per heavy atom. The number of benzene rings is 1. The first-order valence-corrected chi connectivity index (χ1v) is 5.87. The van der Waals surface area contributed by atoms with E-state index in [1.54, 1.807) is 12.1 Å². The number of phenols is 1. The summed E-state index contributed by atoms with van der Waals surface area (Å²) < 4.78 is 4.90. The highest BCUT2D eigenvalue weighted by Gasteiger charge is 2.11. The van der Waals surface area contributed by atoms with E-state index < -0.39 is 0 Å². The van der Waals surface area contributed by atoms with E-state index in [2.05, 4.69) is 5.32 Å². The third-order valence-corrected chi connectivity index (χ3v) is 2.61. The van der Waals surface area contributed by atoms with Crippen LogP contribution in [0.2, 0.25) is 0 Å². The molecule has 1 aromatic rings. The predicted molar refractivity (Wildman–Crippen MR) is 67.9 cm³/mol. The van der Waals surface area contributed by atoms with Crippen molar-refractivity contribution in [3.05, 3.63) is 23.8 Å². The van der Waals surface area contributed by atoms with Gasteiger partial charge in [0.15, 0.2) is 11.5 Å². The number of aliphatic hydroxyl groups is 1. The molecule has 0 aliphatic heterocycles. The van der Waals surface area contributed by atoms with Crippen molar-refractivity contribution in [2.45, 2.75) is 25.8 Å². The quantitative estimate of drug-likeness (QED) is 0.714. The first-order valence-electron chi connectivity index (χ1n) is 5.87. The molecule has 0 aliphatic rings. The minimum atomic E-state index is -0.251. The number of nitrogens with one attached hydrogen (secondary N) is 1. The van der Waals surface area contributed by atoms with Crippen LogP contribution in [0.5, 0.6) is 11.5 Å². The third kappa shape index (κ3) is 3.92. The van der Waals surface area contributed by atoms with Gasteiger partial charge in [-0.05, 0) is 38.0 Å². The lowest BCUT2D eigenvalue weighted by atomic mass is 10.1. The van der Waals surface area contributed by atoms with E-state index in [4.69, 9.17) is 9.84 Å². The summed E-state index contributed by atoms with van der Waals surface area (Å²) in [5, 5.41) is 21.1. The van der Waals surface area contributed by atoms with Crippen LogP contribution < -0.4 is 10.1 Å². The Labute approximate surface area is 106 Å². The Hall–Kier alpha value is -1.75. The van der Waals surface area contributed by atoms with Gasteiger partial charge >= 0.3 is 0 Å². The fourth-order valence-corrected chi connectivity index (χ4v) is 1.61. The number of ether oxygens (including phenoxy) is 1. The van der Waals surface area contributed by atoms with Crippen molar-refractivity contribution in [3.8, 4) is 11.5 Å². The number of carbonyl (C=O) groups is 1. The summed E-state index contributed by atoms with van der Waals surface area (Å²) in [6, 6.07) is 4.48. The van der Waals surface area contributed by atoms with Crippen molar-refractivity contribution in [3.63, 3.8) is 0 Å². The number of aliphatic hydroxyl groups excluding tert-OH is 1. The van der Waals surface area contributed by atoms with E-state index in [1.807, 2.05) is 6.92 Å². The maximum absolute atomic E-state index is 11.8. The third-order valence-electron chi connectivity index (χ3n) is 2.61. The smallest absolute Gasteiger partial charge is 0.251 e. The molecule has 1 rings (SSSR count). The molecule has 5 heteroatoms. The number of aromatic hydroxyl groups is 1. The molecule has 1 atom stereocenters. The maximum atomic E-state index is 11.8. The molecule has 18 heavy (non-hydrogen) atoms. The summed E-state index contributed by atoms with van der Waals surface area (Å²) in [7, 11) is 1.45. The molecular formula is C13H19NO4. The Kier molecular flexibility index (Phi) is 5.45. The van der Waals surface area contributed by atoms with Gasteiger partial charge in [0.25, 0.3) is 5.91 Å². The van der Waals surface area contributed by atoms with Crippen molar-refractivity contribution in [2.75, 3.05) is 13.7 Å². The van der Waals surface area contributed by atoms with Gasteiger partial charge in [-0.25, -0.2) is 0 Å². The lowest BCUT2D eigenvalue weighted by Crippen LogP contribution is -2.32. The van der Waals surface area contributed by atoms with E-state index in [1.165, 1.54) is 13.2 Å². The molecular weight excluding hydrogens is 234 g/mol. The zero-order chi connectivity index (χ0) is 13.5. The zero-order valence-electron chi connectivity index (χ0n) is 10.6. The van der Waals surface area contributed by atoms with Crippen LogP contribution >= 0.6 is 0 Å². The molecule has 0 aliphatic carbocycles. The van der Waals surface area contributed by atoms with Gasteiger partial charge in [-0.1, -0.05) is 0 Å². The Morgan fingerprint density at radius 3 is 2.78 bits per heavy atom. The highest BCUT2D eigenvalue weighted by molar-refractivity contribution is 5.95. The van der Waals surface area contributed by atoms with Gasteiger partial charge < -0.3 is 20.3 Å². The van der Waals surface area contributed by atoms with E-state index in [0.717, 1.165) is 0 Å². The van der Waals surface area contributed by atoms with Crippen molar-refractivity contribution in [1.82, 2.24) is 5.32 Å². The molecule has 0 aromatic heterocycles. The Balaban J connectivity index is 2.64. The average molecular weight is 253 g/mol. The molecule has 3 N–H and O–H groups in total. The van der Waals surface area contributed by atoms with E-state index >= 15 is 0 Å². The van der Waals surface area contributed by atoms with Crippen molar-refractivity contribution in [2.24, 2.45) is 0 Å². The molecule has 100 valence electrons. The summed E-state index contributed by atoms with van der Waals surface area (Å²) in [6.07, 6.45) is 1.36. The largest absolute Gasteiger partial charge is 0.504 e.